The molecule has 3 heteroatoms. The molecule has 0 N–H and O–H groups in total. The zero-order chi connectivity index (χ0) is 16.8. The van der Waals surface area contributed by atoms with Crippen LogP contribution in [0.5, 0.6) is 0 Å². The van der Waals surface area contributed by atoms with Crippen molar-refractivity contribution in [2.75, 3.05) is 0 Å². The van der Waals surface area contributed by atoms with Crippen molar-refractivity contribution < 1.29 is 9.53 Å². The summed E-state index contributed by atoms with van der Waals surface area (Å²) >= 11 is 0. The molecule has 0 saturated carbocycles. The molecule has 2 heterocycles. The summed E-state index contributed by atoms with van der Waals surface area (Å²) in [5.41, 5.74) is 5.09. The summed E-state index contributed by atoms with van der Waals surface area (Å²) in [5.74, 6) is 0.0455. The Bertz CT molecular complexity index is 951. The van der Waals surface area contributed by atoms with Gasteiger partial charge in [-0.15, -0.1) is 0 Å². The summed E-state index contributed by atoms with van der Waals surface area (Å²) in [6, 6.07) is 26.2. The molecule has 0 unspecified atom stereocenters. The van der Waals surface area contributed by atoms with E-state index in [1.54, 1.807) is 0 Å². The van der Waals surface area contributed by atoms with Crippen LogP contribution in [0.2, 0.25) is 0 Å². The maximum Gasteiger partial charge on any atom is 0.256 e. The van der Waals surface area contributed by atoms with Gasteiger partial charge < -0.3 is 9.64 Å². The highest BCUT2D eigenvalue weighted by Gasteiger charge is 2.41. The van der Waals surface area contributed by atoms with Crippen LogP contribution in [0.4, 0.5) is 0 Å². The van der Waals surface area contributed by atoms with Crippen LogP contribution in [-0.2, 0) is 11.3 Å². The van der Waals surface area contributed by atoms with Crippen molar-refractivity contribution in [3.8, 4) is 0 Å². The minimum atomic E-state index is -0.346. The molecular weight excluding hydrogens is 310 g/mol. The zero-order valence-corrected chi connectivity index (χ0v) is 13.6. The molecule has 3 aromatic rings. The molecule has 3 nitrogen and oxygen atoms in total. The molecule has 0 saturated heterocycles. The average molecular weight is 327 g/mol. The number of benzene rings is 3. The van der Waals surface area contributed by atoms with Crippen molar-refractivity contribution in [1.82, 2.24) is 4.90 Å². The first-order valence-electron chi connectivity index (χ1n) is 8.51. The van der Waals surface area contributed by atoms with Gasteiger partial charge in [-0.1, -0.05) is 72.8 Å². The minimum absolute atomic E-state index is 0.0455. The monoisotopic (exact) mass is 327 g/mol. The Kier molecular flexibility index (Phi) is 3.22. The second-order valence-corrected chi connectivity index (χ2v) is 6.50. The van der Waals surface area contributed by atoms with Crippen molar-refractivity contribution in [2.24, 2.45) is 0 Å². The summed E-state index contributed by atoms with van der Waals surface area (Å²) < 4.78 is 6.55. The predicted octanol–water partition coefficient (Wildman–Crippen LogP) is 4.46. The third kappa shape index (κ3) is 2.20. The average Bonchev–Trinajstić information content (AvgIpc) is 2.83. The van der Waals surface area contributed by atoms with Gasteiger partial charge in [0.05, 0.1) is 0 Å². The molecule has 2 aliphatic heterocycles. The van der Waals surface area contributed by atoms with E-state index in [2.05, 4.69) is 24.3 Å². The largest absolute Gasteiger partial charge is 0.341 e. The van der Waals surface area contributed by atoms with Gasteiger partial charge in [0.1, 0.15) is 6.10 Å². The van der Waals surface area contributed by atoms with Gasteiger partial charge in [0.15, 0.2) is 6.23 Å². The van der Waals surface area contributed by atoms with Crippen LogP contribution in [0.1, 0.15) is 44.9 Å². The van der Waals surface area contributed by atoms with E-state index in [1.165, 1.54) is 0 Å². The molecule has 2 aliphatic rings. The molecule has 25 heavy (non-hydrogen) atoms. The Labute approximate surface area is 146 Å². The van der Waals surface area contributed by atoms with Gasteiger partial charge >= 0.3 is 0 Å². The number of nitrogens with zero attached hydrogens (tertiary/aromatic N) is 1. The van der Waals surface area contributed by atoms with Crippen molar-refractivity contribution in [3.63, 3.8) is 0 Å². The molecule has 0 bridgehead atoms. The van der Waals surface area contributed by atoms with Gasteiger partial charge in [0, 0.05) is 17.7 Å². The van der Waals surface area contributed by atoms with Gasteiger partial charge in [-0.05, 0) is 22.8 Å². The Morgan fingerprint density at radius 1 is 0.800 bits per heavy atom. The van der Waals surface area contributed by atoms with Crippen LogP contribution >= 0.6 is 0 Å². The molecule has 5 rings (SSSR count). The summed E-state index contributed by atoms with van der Waals surface area (Å²) in [5, 5.41) is 0. The van der Waals surface area contributed by atoms with Gasteiger partial charge in [-0.2, -0.15) is 0 Å². The van der Waals surface area contributed by atoms with E-state index in [0.717, 1.165) is 27.8 Å². The lowest BCUT2D eigenvalue weighted by atomic mass is 9.96. The van der Waals surface area contributed by atoms with Crippen LogP contribution < -0.4 is 0 Å². The van der Waals surface area contributed by atoms with Crippen LogP contribution in [0.3, 0.4) is 0 Å². The van der Waals surface area contributed by atoms with Crippen LogP contribution in [0.15, 0.2) is 78.9 Å². The standard InChI is InChI=1S/C22H17NO2/c24-21-18-12-6-7-13-19(18)22-23(21)14-16-10-4-5-11-17(16)20(25-22)15-8-2-1-3-9-15/h1-13,20,22H,14H2/t20-,22-/m0/s1. The van der Waals surface area contributed by atoms with E-state index in [4.69, 9.17) is 4.74 Å². The van der Waals surface area contributed by atoms with Crippen molar-refractivity contribution in [2.45, 2.75) is 18.9 Å². The highest BCUT2D eigenvalue weighted by Crippen LogP contribution is 2.44. The van der Waals surface area contributed by atoms with E-state index in [1.807, 2.05) is 59.5 Å². The fraction of sp³-hybridized carbons (Fsp3) is 0.136. The fourth-order valence-electron chi connectivity index (χ4n) is 3.84. The summed E-state index contributed by atoms with van der Waals surface area (Å²) in [4.78, 5) is 14.7. The van der Waals surface area contributed by atoms with Gasteiger partial charge in [0.25, 0.3) is 5.91 Å². The van der Waals surface area contributed by atoms with Gasteiger partial charge in [-0.3, -0.25) is 4.79 Å². The van der Waals surface area contributed by atoms with Gasteiger partial charge in [-0.25, -0.2) is 0 Å². The van der Waals surface area contributed by atoms with E-state index < -0.39 is 0 Å². The highest BCUT2D eigenvalue weighted by atomic mass is 16.5. The normalized spacial score (nSPS) is 21.3. The van der Waals surface area contributed by atoms with Crippen molar-refractivity contribution in [1.29, 1.82) is 0 Å². The smallest absolute Gasteiger partial charge is 0.256 e. The molecule has 0 aromatic heterocycles. The topological polar surface area (TPSA) is 29.5 Å². The second-order valence-electron chi connectivity index (χ2n) is 6.50. The first kappa shape index (κ1) is 14.4. The number of carbonyl (C=O) groups excluding carboxylic acids is 1. The Balaban J connectivity index is 1.68. The van der Waals surface area contributed by atoms with E-state index in [-0.39, 0.29) is 18.2 Å². The number of ether oxygens (including phenoxy) is 1. The molecule has 0 spiro atoms. The zero-order valence-electron chi connectivity index (χ0n) is 13.6. The van der Waals surface area contributed by atoms with Crippen LogP contribution in [0.25, 0.3) is 0 Å². The minimum Gasteiger partial charge on any atom is -0.341 e. The van der Waals surface area contributed by atoms with E-state index in [9.17, 15) is 4.79 Å². The maximum absolute atomic E-state index is 12.9. The number of amides is 1. The molecule has 0 radical (unpaired) electrons. The number of fused-ring (bicyclic) bond motifs is 4. The lowest BCUT2D eigenvalue weighted by Crippen LogP contribution is -2.27. The van der Waals surface area contributed by atoms with Crippen molar-refractivity contribution in [3.05, 3.63) is 107 Å². The third-order valence-electron chi connectivity index (χ3n) is 5.05. The lowest BCUT2D eigenvalue weighted by Gasteiger charge is -2.25. The van der Waals surface area contributed by atoms with Gasteiger partial charge in [0.2, 0.25) is 0 Å². The number of rotatable bonds is 1. The van der Waals surface area contributed by atoms with Crippen LogP contribution in [0, 0.1) is 0 Å². The predicted molar refractivity (Wildman–Crippen MR) is 94.9 cm³/mol. The molecule has 0 fully saturated rings. The summed E-state index contributed by atoms with van der Waals surface area (Å²) in [6.45, 7) is 0.567. The first-order valence-corrected chi connectivity index (χ1v) is 8.51. The Morgan fingerprint density at radius 2 is 1.48 bits per heavy atom. The molecule has 2 atom stereocenters. The molecule has 3 aromatic carbocycles. The first-order chi connectivity index (χ1) is 12.3. The Morgan fingerprint density at radius 3 is 2.32 bits per heavy atom. The Hall–Kier alpha value is -2.91. The summed E-state index contributed by atoms with van der Waals surface area (Å²) in [7, 11) is 0. The summed E-state index contributed by atoms with van der Waals surface area (Å²) in [6.07, 6.45) is -0.535. The fourth-order valence-corrected chi connectivity index (χ4v) is 3.84. The van der Waals surface area contributed by atoms with Crippen molar-refractivity contribution >= 4 is 5.91 Å². The highest BCUT2D eigenvalue weighted by molar-refractivity contribution is 5.99. The molecule has 122 valence electrons. The third-order valence-corrected chi connectivity index (χ3v) is 5.05. The molecule has 0 aliphatic carbocycles. The van der Waals surface area contributed by atoms with E-state index in [0.29, 0.717) is 6.54 Å². The van der Waals surface area contributed by atoms with E-state index >= 15 is 0 Å². The van der Waals surface area contributed by atoms with Crippen LogP contribution in [-0.4, -0.2) is 10.8 Å². The maximum atomic E-state index is 12.9. The lowest BCUT2D eigenvalue weighted by molar-refractivity contribution is -0.0644. The SMILES string of the molecule is O=C1c2ccccc2[C@@H]2O[C@@H](c3ccccc3)c3ccccc3CN12. The number of hydrogen-bond donors (Lipinski definition) is 0. The molecule has 1 amide bonds. The number of carbonyl (C=O) groups is 1. The second kappa shape index (κ2) is 5.57. The molecular formula is C22H17NO2. The number of hydrogen-bond acceptors (Lipinski definition) is 2. The quantitative estimate of drug-likeness (QED) is 0.660.